The predicted molar refractivity (Wildman–Crippen MR) is 120 cm³/mol. The number of ether oxygens (including phenoxy) is 2. The van der Waals surface area contributed by atoms with Crippen molar-refractivity contribution in [1.82, 2.24) is 9.44 Å². The highest BCUT2D eigenvalue weighted by atomic mass is 32.2. The van der Waals surface area contributed by atoms with Crippen molar-refractivity contribution in [1.29, 1.82) is 0 Å². The van der Waals surface area contributed by atoms with Gasteiger partial charge in [-0.05, 0) is 82.1 Å². The zero-order chi connectivity index (χ0) is 23.2. The third-order valence-corrected chi connectivity index (χ3v) is 7.46. The lowest BCUT2D eigenvalue weighted by Gasteiger charge is -2.16. The highest BCUT2D eigenvalue weighted by molar-refractivity contribution is 7.90. The van der Waals surface area contributed by atoms with Gasteiger partial charge in [0.1, 0.15) is 11.5 Å². The molecule has 0 aliphatic heterocycles. The Hall–Kier alpha value is -2.14. The first kappa shape index (κ1) is 25.1. The topological polar surface area (TPSA) is 111 Å². The third kappa shape index (κ3) is 6.67. The van der Waals surface area contributed by atoms with Crippen molar-refractivity contribution in [2.75, 3.05) is 19.8 Å². The average Bonchev–Trinajstić information content (AvgIpc) is 2.69. The van der Waals surface area contributed by atoms with Crippen molar-refractivity contribution in [2.24, 2.45) is 0 Å². The molecule has 0 heterocycles. The maximum absolute atomic E-state index is 12.7. The van der Waals surface area contributed by atoms with Crippen LogP contribution < -0.4 is 18.9 Å². The molecule has 0 saturated carbocycles. The molecule has 2 rings (SSSR count). The van der Waals surface area contributed by atoms with Crippen molar-refractivity contribution in [3.8, 4) is 11.5 Å². The number of nitrogens with one attached hydrogen (secondary N) is 2. The fraction of sp³-hybridized carbons (Fsp3) is 0.429. The molecule has 0 bridgehead atoms. The number of benzene rings is 2. The monoisotopic (exact) mass is 470 g/mol. The van der Waals surface area contributed by atoms with E-state index in [1.807, 2.05) is 13.8 Å². The van der Waals surface area contributed by atoms with Gasteiger partial charge >= 0.3 is 0 Å². The Kier molecular flexibility index (Phi) is 8.47. The van der Waals surface area contributed by atoms with Gasteiger partial charge in [-0.3, -0.25) is 0 Å². The van der Waals surface area contributed by atoms with E-state index in [4.69, 9.17) is 9.47 Å². The number of hydrogen-bond acceptors (Lipinski definition) is 6. The van der Waals surface area contributed by atoms with Crippen LogP contribution in [-0.2, 0) is 20.0 Å². The van der Waals surface area contributed by atoms with Crippen LogP contribution in [-0.4, -0.2) is 42.6 Å². The lowest BCUT2D eigenvalue weighted by Crippen LogP contribution is -2.41. The molecule has 0 unspecified atom stereocenters. The first-order valence-electron chi connectivity index (χ1n) is 9.99. The highest BCUT2D eigenvalue weighted by Gasteiger charge is 2.21. The number of sulfonamides is 2. The summed E-state index contributed by atoms with van der Waals surface area (Å²) in [7, 11) is -7.63. The second-order valence-corrected chi connectivity index (χ2v) is 10.6. The van der Waals surface area contributed by atoms with Crippen molar-refractivity contribution in [3.05, 3.63) is 47.5 Å². The molecule has 0 amide bonds. The molecule has 2 aromatic carbocycles. The Morgan fingerprint density at radius 1 is 0.806 bits per heavy atom. The van der Waals surface area contributed by atoms with Crippen LogP contribution in [0.1, 0.15) is 31.9 Å². The summed E-state index contributed by atoms with van der Waals surface area (Å²) in [6.45, 7) is 9.67. The van der Waals surface area contributed by atoms with E-state index >= 15 is 0 Å². The number of aryl methyl sites for hydroxylation is 2. The molecule has 0 aromatic heterocycles. The van der Waals surface area contributed by atoms with Gasteiger partial charge in [-0.1, -0.05) is 0 Å². The molecule has 0 aliphatic rings. The largest absolute Gasteiger partial charge is 0.494 e. The van der Waals surface area contributed by atoms with Crippen LogP contribution in [0.25, 0.3) is 0 Å². The van der Waals surface area contributed by atoms with Crippen LogP contribution in [0.3, 0.4) is 0 Å². The number of rotatable bonds is 11. The molecule has 0 aliphatic carbocycles. The lowest BCUT2D eigenvalue weighted by molar-refractivity contribution is 0.337. The van der Waals surface area contributed by atoms with Crippen LogP contribution in [0.4, 0.5) is 0 Å². The summed E-state index contributed by atoms with van der Waals surface area (Å²) >= 11 is 0. The zero-order valence-corrected chi connectivity index (χ0v) is 20.1. The van der Waals surface area contributed by atoms with E-state index < -0.39 is 26.1 Å². The highest BCUT2D eigenvalue weighted by Crippen LogP contribution is 2.23. The van der Waals surface area contributed by atoms with Gasteiger partial charge in [0.2, 0.25) is 20.0 Å². The van der Waals surface area contributed by atoms with Gasteiger partial charge in [0.05, 0.1) is 23.0 Å². The molecule has 172 valence electrons. The minimum absolute atomic E-state index is 0.0882. The minimum atomic E-state index is -3.82. The van der Waals surface area contributed by atoms with Crippen molar-refractivity contribution in [2.45, 2.75) is 50.5 Å². The second-order valence-electron chi connectivity index (χ2n) is 7.09. The molecule has 2 N–H and O–H groups in total. The summed E-state index contributed by atoms with van der Waals surface area (Å²) in [5.74, 6) is 1.24. The van der Waals surface area contributed by atoms with Crippen molar-refractivity contribution < 1.29 is 26.3 Å². The van der Waals surface area contributed by atoms with Crippen LogP contribution >= 0.6 is 0 Å². The number of hydrogen-bond donors (Lipinski definition) is 2. The Labute approximate surface area is 185 Å². The summed E-state index contributed by atoms with van der Waals surface area (Å²) in [4.78, 5) is 0.177. The Balaban J connectivity index is 2.05. The summed E-state index contributed by atoms with van der Waals surface area (Å²) in [6, 6.07) is 8.49. The SMILES string of the molecule is CCOc1ccc(S(=O)(=O)NC[C@H](C)NS(=O)(=O)c2ccc(OCC)c(C)c2)cc1C. The van der Waals surface area contributed by atoms with Gasteiger partial charge < -0.3 is 9.47 Å². The van der Waals surface area contributed by atoms with Crippen LogP contribution in [0.5, 0.6) is 11.5 Å². The first-order valence-corrected chi connectivity index (χ1v) is 13.0. The second kappa shape index (κ2) is 10.4. The zero-order valence-electron chi connectivity index (χ0n) is 18.4. The molecule has 0 spiro atoms. The normalized spacial score (nSPS) is 13.1. The van der Waals surface area contributed by atoms with E-state index in [-0.39, 0.29) is 16.3 Å². The molecule has 31 heavy (non-hydrogen) atoms. The predicted octanol–water partition coefficient (Wildman–Crippen LogP) is 2.75. The molecule has 0 radical (unpaired) electrons. The smallest absolute Gasteiger partial charge is 0.240 e. The molecular formula is C21H30N2O6S2. The minimum Gasteiger partial charge on any atom is -0.494 e. The Morgan fingerprint density at radius 2 is 1.26 bits per heavy atom. The van der Waals surface area contributed by atoms with Crippen LogP contribution in [0.15, 0.2) is 46.2 Å². The Morgan fingerprint density at radius 3 is 1.68 bits per heavy atom. The fourth-order valence-electron chi connectivity index (χ4n) is 2.91. The van der Waals surface area contributed by atoms with E-state index in [2.05, 4.69) is 9.44 Å². The van der Waals surface area contributed by atoms with Crippen molar-refractivity contribution in [3.63, 3.8) is 0 Å². The van der Waals surface area contributed by atoms with Crippen LogP contribution in [0, 0.1) is 13.8 Å². The van der Waals surface area contributed by atoms with Gasteiger partial charge in [0, 0.05) is 12.6 Å². The summed E-state index contributed by atoms with van der Waals surface area (Å²) in [5.41, 5.74) is 1.40. The van der Waals surface area contributed by atoms with Gasteiger partial charge in [-0.15, -0.1) is 0 Å². The van der Waals surface area contributed by atoms with E-state index in [1.54, 1.807) is 32.9 Å². The quantitative estimate of drug-likeness (QED) is 0.522. The molecular weight excluding hydrogens is 440 g/mol. The van der Waals surface area contributed by atoms with Crippen molar-refractivity contribution >= 4 is 20.0 Å². The standard InChI is InChI=1S/C21H30N2O6S2/c1-6-28-20-10-8-18(12-15(20)3)30(24,25)22-14-17(5)23-31(26,27)19-9-11-21(29-7-2)16(4)13-19/h8-13,17,22-23H,6-7,14H2,1-5H3/t17-/m0/s1. The Bertz CT molecular complexity index is 1110. The molecule has 0 fully saturated rings. The summed E-state index contributed by atoms with van der Waals surface area (Å²) in [6.07, 6.45) is 0. The molecule has 10 heteroatoms. The van der Waals surface area contributed by atoms with Gasteiger partial charge in [0.15, 0.2) is 0 Å². The summed E-state index contributed by atoms with van der Waals surface area (Å²) < 4.78 is 66.3. The molecule has 0 saturated heterocycles. The van der Waals surface area contributed by atoms with E-state index in [0.29, 0.717) is 35.8 Å². The fourth-order valence-corrected chi connectivity index (χ4v) is 5.45. The maximum atomic E-state index is 12.7. The maximum Gasteiger partial charge on any atom is 0.240 e. The van der Waals surface area contributed by atoms with E-state index in [1.165, 1.54) is 24.3 Å². The molecule has 2 aromatic rings. The van der Waals surface area contributed by atoms with Crippen LogP contribution in [0.2, 0.25) is 0 Å². The van der Waals surface area contributed by atoms with Gasteiger partial charge in [-0.2, -0.15) is 0 Å². The first-order chi connectivity index (χ1) is 14.5. The molecule has 8 nitrogen and oxygen atoms in total. The van der Waals surface area contributed by atoms with Gasteiger partial charge in [-0.25, -0.2) is 26.3 Å². The summed E-state index contributed by atoms with van der Waals surface area (Å²) in [5, 5.41) is 0. The van der Waals surface area contributed by atoms with Gasteiger partial charge in [0.25, 0.3) is 0 Å². The average molecular weight is 471 g/mol. The lowest BCUT2D eigenvalue weighted by atomic mass is 10.2. The third-order valence-electron chi connectivity index (χ3n) is 4.45. The molecule has 1 atom stereocenters. The van der Waals surface area contributed by atoms with E-state index in [0.717, 1.165) is 0 Å². The van der Waals surface area contributed by atoms with E-state index in [9.17, 15) is 16.8 Å².